The minimum Gasteiger partial charge on any atom is -0.493 e. The molecule has 0 amide bonds. The first-order valence-corrected chi connectivity index (χ1v) is 6.98. The SMILES string of the molecule is COC(=O)c1nc(N)sc1-c1ccc(OC)c(OC)c1Cl. The standard InChI is InChI=1S/C13H13ClN2O4S/c1-18-7-5-4-6(8(14)10(7)19-2)11-9(12(17)20-3)16-13(15)21-11/h4-5H,1-3H3,(H2,15,16). The van der Waals surface area contributed by atoms with E-state index < -0.39 is 5.97 Å². The summed E-state index contributed by atoms with van der Waals surface area (Å²) in [6.45, 7) is 0. The zero-order valence-corrected chi connectivity index (χ0v) is 13.2. The maximum atomic E-state index is 11.8. The van der Waals surface area contributed by atoms with Crippen LogP contribution in [0.3, 0.4) is 0 Å². The molecule has 2 rings (SSSR count). The van der Waals surface area contributed by atoms with E-state index in [1.165, 1.54) is 21.3 Å². The van der Waals surface area contributed by atoms with Crippen LogP contribution in [0.15, 0.2) is 12.1 Å². The van der Waals surface area contributed by atoms with Crippen LogP contribution in [0, 0.1) is 0 Å². The number of methoxy groups -OCH3 is 3. The molecule has 0 bridgehead atoms. The third kappa shape index (κ3) is 2.74. The van der Waals surface area contributed by atoms with Crippen molar-refractivity contribution in [3.05, 3.63) is 22.8 Å². The Bertz CT molecular complexity index is 687. The highest BCUT2D eigenvalue weighted by Crippen LogP contribution is 2.44. The van der Waals surface area contributed by atoms with Gasteiger partial charge in [0.2, 0.25) is 0 Å². The zero-order chi connectivity index (χ0) is 15.6. The Kier molecular flexibility index (Phi) is 4.54. The number of nitrogens with two attached hydrogens (primary N) is 1. The number of hydrogen-bond donors (Lipinski definition) is 1. The van der Waals surface area contributed by atoms with Gasteiger partial charge in [0.25, 0.3) is 0 Å². The van der Waals surface area contributed by atoms with Gasteiger partial charge in [0.05, 0.1) is 31.2 Å². The largest absolute Gasteiger partial charge is 0.493 e. The van der Waals surface area contributed by atoms with E-state index in [2.05, 4.69) is 4.98 Å². The first kappa shape index (κ1) is 15.4. The second-order valence-electron chi connectivity index (χ2n) is 3.88. The lowest BCUT2D eigenvalue weighted by Gasteiger charge is -2.12. The number of carbonyl (C=O) groups is 1. The van der Waals surface area contributed by atoms with Crippen LogP contribution in [-0.2, 0) is 4.74 Å². The Morgan fingerprint density at radius 3 is 2.57 bits per heavy atom. The fourth-order valence-electron chi connectivity index (χ4n) is 1.82. The monoisotopic (exact) mass is 328 g/mol. The Labute approximate surface area is 130 Å². The summed E-state index contributed by atoms with van der Waals surface area (Å²) in [5.74, 6) is 0.284. The van der Waals surface area contributed by atoms with Gasteiger partial charge in [0.1, 0.15) is 0 Å². The van der Waals surface area contributed by atoms with E-state index in [1.54, 1.807) is 12.1 Å². The number of thiazole rings is 1. The van der Waals surface area contributed by atoms with Crippen molar-refractivity contribution in [3.8, 4) is 21.9 Å². The molecule has 1 aromatic carbocycles. The third-order valence-electron chi connectivity index (χ3n) is 2.75. The highest BCUT2D eigenvalue weighted by molar-refractivity contribution is 7.19. The van der Waals surface area contributed by atoms with E-state index in [0.717, 1.165) is 11.3 Å². The quantitative estimate of drug-likeness (QED) is 0.869. The summed E-state index contributed by atoms with van der Waals surface area (Å²) in [6.07, 6.45) is 0. The summed E-state index contributed by atoms with van der Waals surface area (Å²) in [4.78, 5) is 16.3. The number of ether oxygens (including phenoxy) is 3. The van der Waals surface area contributed by atoms with E-state index in [0.29, 0.717) is 27.0 Å². The molecule has 0 unspecified atom stereocenters. The fraction of sp³-hybridized carbons (Fsp3) is 0.231. The summed E-state index contributed by atoms with van der Waals surface area (Å²) in [5.41, 5.74) is 6.38. The number of hydrogen-bond acceptors (Lipinski definition) is 7. The van der Waals surface area contributed by atoms with E-state index in [4.69, 9.17) is 31.5 Å². The van der Waals surface area contributed by atoms with E-state index >= 15 is 0 Å². The summed E-state index contributed by atoms with van der Waals surface area (Å²) in [6, 6.07) is 3.40. The van der Waals surface area contributed by atoms with Gasteiger partial charge in [-0.3, -0.25) is 0 Å². The molecule has 0 aliphatic rings. The Hall–Kier alpha value is -1.99. The van der Waals surface area contributed by atoms with Crippen LogP contribution in [0.25, 0.3) is 10.4 Å². The lowest BCUT2D eigenvalue weighted by Crippen LogP contribution is -2.04. The number of aromatic nitrogens is 1. The number of anilines is 1. The van der Waals surface area contributed by atoms with Gasteiger partial charge in [-0.1, -0.05) is 22.9 Å². The van der Waals surface area contributed by atoms with Crippen molar-refractivity contribution in [1.82, 2.24) is 4.98 Å². The predicted molar refractivity (Wildman–Crippen MR) is 81.4 cm³/mol. The van der Waals surface area contributed by atoms with Crippen molar-refractivity contribution in [2.45, 2.75) is 0 Å². The second kappa shape index (κ2) is 6.19. The lowest BCUT2D eigenvalue weighted by atomic mass is 10.1. The van der Waals surface area contributed by atoms with Crippen molar-refractivity contribution in [2.24, 2.45) is 0 Å². The smallest absolute Gasteiger partial charge is 0.358 e. The average molecular weight is 329 g/mol. The van der Waals surface area contributed by atoms with Crippen LogP contribution in [0.1, 0.15) is 10.5 Å². The molecule has 112 valence electrons. The van der Waals surface area contributed by atoms with Gasteiger partial charge in [0.15, 0.2) is 22.3 Å². The molecule has 8 heteroatoms. The molecule has 0 radical (unpaired) electrons. The topological polar surface area (TPSA) is 83.7 Å². The van der Waals surface area contributed by atoms with Crippen LogP contribution >= 0.6 is 22.9 Å². The van der Waals surface area contributed by atoms with Crippen molar-refractivity contribution in [3.63, 3.8) is 0 Å². The van der Waals surface area contributed by atoms with Crippen molar-refractivity contribution in [1.29, 1.82) is 0 Å². The average Bonchev–Trinajstić information content (AvgIpc) is 2.87. The van der Waals surface area contributed by atoms with E-state index in [1.807, 2.05) is 0 Å². The molecular weight excluding hydrogens is 316 g/mol. The van der Waals surface area contributed by atoms with E-state index in [9.17, 15) is 4.79 Å². The van der Waals surface area contributed by atoms with Gasteiger partial charge in [-0.15, -0.1) is 0 Å². The number of esters is 1. The molecule has 1 heterocycles. The van der Waals surface area contributed by atoms with Gasteiger partial charge in [-0.25, -0.2) is 9.78 Å². The molecule has 0 saturated carbocycles. The first-order valence-electron chi connectivity index (χ1n) is 5.79. The van der Waals surface area contributed by atoms with Crippen molar-refractivity contribution in [2.75, 3.05) is 27.1 Å². The zero-order valence-electron chi connectivity index (χ0n) is 11.6. The molecule has 6 nitrogen and oxygen atoms in total. The second-order valence-corrected chi connectivity index (χ2v) is 5.29. The van der Waals surface area contributed by atoms with Crippen molar-refractivity contribution >= 4 is 34.0 Å². The molecule has 0 spiro atoms. The van der Waals surface area contributed by atoms with Crippen LogP contribution in [0.4, 0.5) is 5.13 Å². The summed E-state index contributed by atoms with van der Waals surface area (Å²) < 4.78 is 15.1. The van der Waals surface area contributed by atoms with Gasteiger partial charge in [0, 0.05) is 5.56 Å². The molecule has 21 heavy (non-hydrogen) atoms. The molecule has 0 fully saturated rings. The van der Waals surface area contributed by atoms with Gasteiger partial charge in [-0.05, 0) is 12.1 Å². The van der Waals surface area contributed by atoms with Crippen LogP contribution < -0.4 is 15.2 Å². The summed E-state index contributed by atoms with van der Waals surface area (Å²) >= 11 is 7.48. The molecule has 2 aromatic rings. The number of carbonyl (C=O) groups excluding carboxylic acids is 1. The van der Waals surface area contributed by atoms with Gasteiger partial charge in [-0.2, -0.15) is 0 Å². The Morgan fingerprint density at radius 2 is 2.00 bits per heavy atom. The summed E-state index contributed by atoms with van der Waals surface area (Å²) in [7, 11) is 4.27. The van der Waals surface area contributed by atoms with Crippen LogP contribution in [-0.4, -0.2) is 32.3 Å². The molecule has 0 aliphatic heterocycles. The number of nitrogen functional groups attached to an aromatic ring is 1. The van der Waals surface area contributed by atoms with Gasteiger partial charge < -0.3 is 19.9 Å². The van der Waals surface area contributed by atoms with E-state index in [-0.39, 0.29) is 10.8 Å². The highest BCUT2D eigenvalue weighted by atomic mass is 35.5. The molecule has 0 atom stereocenters. The maximum absolute atomic E-state index is 11.8. The molecule has 0 saturated heterocycles. The summed E-state index contributed by atoms with van der Waals surface area (Å²) in [5, 5.41) is 0.557. The molecular formula is C13H13ClN2O4S. The predicted octanol–water partition coefficient (Wildman–Crippen LogP) is 2.85. The third-order valence-corrected chi connectivity index (χ3v) is 4.05. The van der Waals surface area contributed by atoms with Crippen LogP contribution in [0.5, 0.6) is 11.5 Å². The first-order chi connectivity index (χ1) is 10.0. The number of halogens is 1. The Morgan fingerprint density at radius 1 is 1.29 bits per heavy atom. The highest BCUT2D eigenvalue weighted by Gasteiger charge is 2.23. The van der Waals surface area contributed by atoms with Crippen molar-refractivity contribution < 1.29 is 19.0 Å². The minimum absolute atomic E-state index is 0.120. The lowest BCUT2D eigenvalue weighted by molar-refractivity contribution is 0.0596. The number of benzene rings is 1. The van der Waals surface area contributed by atoms with Gasteiger partial charge >= 0.3 is 5.97 Å². The molecule has 2 N–H and O–H groups in total. The number of nitrogens with zero attached hydrogens (tertiary/aromatic N) is 1. The molecule has 0 aliphatic carbocycles. The molecule has 1 aromatic heterocycles. The minimum atomic E-state index is -0.580. The normalized spacial score (nSPS) is 10.3. The maximum Gasteiger partial charge on any atom is 0.358 e. The number of rotatable bonds is 4. The fourth-order valence-corrected chi connectivity index (χ4v) is 3.05. The van der Waals surface area contributed by atoms with Crippen LogP contribution in [0.2, 0.25) is 5.02 Å². The Balaban J connectivity index is 2.65.